The topological polar surface area (TPSA) is 92.5 Å². The number of carbonyl (C=O) groups excluding carboxylic acids is 1. The van der Waals surface area contributed by atoms with Crippen LogP contribution in [-0.4, -0.2) is 51.2 Å². The molecule has 1 amide bonds. The summed E-state index contributed by atoms with van der Waals surface area (Å²) in [7, 11) is -3.23. The zero-order valence-corrected chi connectivity index (χ0v) is 13.5. The van der Waals surface area contributed by atoms with Crippen LogP contribution in [0.15, 0.2) is 0 Å². The van der Waals surface area contributed by atoms with Crippen molar-refractivity contribution in [2.24, 2.45) is 11.1 Å². The second-order valence-electron chi connectivity index (χ2n) is 5.89. The summed E-state index contributed by atoms with van der Waals surface area (Å²) < 4.78 is 25.0. The van der Waals surface area contributed by atoms with E-state index < -0.39 is 15.4 Å². The van der Waals surface area contributed by atoms with Gasteiger partial charge < -0.3 is 10.6 Å². The van der Waals surface area contributed by atoms with Crippen LogP contribution in [-0.2, 0) is 14.8 Å². The van der Waals surface area contributed by atoms with Crippen LogP contribution in [0.3, 0.4) is 0 Å². The first-order valence-corrected chi connectivity index (χ1v) is 9.08. The fraction of sp³-hybridized carbons (Fsp3) is 0.923. The van der Waals surface area contributed by atoms with Gasteiger partial charge in [-0.15, -0.1) is 0 Å². The van der Waals surface area contributed by atoms with Gasteiger partial charge in [-0.1, -0.05) is 6.92 Å². The highest BCUT2D eigenvalue weighted by atomic mass is 32.2. The molecule has 6 nitrogen and oxygen atoms in total. The van der Waals surface area contributed by atoms with E-state index in [0.29, 0.717) is 19.5 Å². The molecule has 0 aromatic carbocycles. The monoisotopic (exact) mass is 305 g/mol. The summed E-state index contributed by atoms with van der Waals surface area (Å²) in [6, 6.07) is -0.0663. The highest BCUT2D eigenvalue weighted by molar-refractivity contribution is 7.88. The number of likely N-dealkylation sites (tertiary alicyclic amines) is 1. The van der Waals surface area contributed by atoms with E-state index in [1.54, 1.807) is 0 Å². The van der Waals surface area contributed by atoms with Crippen molar-refractivity contribution in [2.45, 2.75) is 45.6 Å². The molecule has 1 fully saturated rings. The van der Waals surface area contributed by atoms with E-state index >= 15 is 0 Å². The smallest absolute Gasteiger partial charge is 0.230 e. The van der Waals surface area contributed by atoms with Crippen molar-refractivity contribution in [2.75, 3.05) is 25.9 Å². The predicted octanol–water partition coefficient (Wildman–Crippen LogP) is 0.292. The fourth-order valence-corrected chi connectivity index (χ4v) is 2.95. The Morgan fingerprint density at radius 3 is 2.60 bits per heavy atom. The third-order valence-corrected chi connectivity index (χ3v) is 4.91. The van der Waals surface area contributed by atoms with Gasteiger partial charge in [0.15, 0.2) is 0 Å². The predicted molar refractivity (Wildman–Crippen MR) is 79.7 cm³/mol. The average molecular weight is 305 g/mol. The van der Waals surface area contributed by atoms with Crippen molar-refractivity contribution in [3.05, 3.63) is 0 Å². The number of piperidine rings is 1. The first kappa shape index (κ1) is 17.4. The van der Waals surface area contributed by atoms with Crippen molar-refractivity contribution in [1.82, 2.24) is 9.62 Å². The summed E-state index contributed by atoms with van der Waals surface area (Å²) in [5.74, 6) is 0.0440. The van der Waals surface area contributed by atoms with Gasteiger partial charge in [0.2, 0.25) is 15.9 Å². The minimum atomic E-state index is -3.23. The molecule has 0 aliphatic carbocycles. The van der Waals surface area contributed by atoms with Crippen LogP contribution < -0.4 is 10.5 Å². The van der Waals surface area contributed by atoms with Crippen LogP contribution in [0, 0.1) is 5.41 Å². The maximum absolute atomic E-state index is 12.7. The second kappa shape index (κ2) is 6.87. The molecule has 1 aliphatic rings. The maximum Gasteiger partial charge on any atom is 0.230 e. The lowest BCUT2D eigenvalue weighted by Gasteiger charge is -2.41. The molecule has 2 atom stereocenters. The van der Waals surface area contributed by atoms with Gasteiger partial charge in [0, 0.05) is 25.7 Å². The summed E-state index contributed by atoms with van der Waals surface area (Å²) in [5.41, 5.74) is 5.20. The minimum Gasteiger partial charge on any atom is -0.338 e. The van der Waals surface area contributed by atoms with E-state index in [9.17, 15) is 13.2 Å². The Bertz CT molecular complexity index is 432. The number of hydrogen-bond donors (Lipinski definition) is 2. The Hall–Kier alpha value is -0.660. The second-order valence-corrected chi connectivity index (χ2v) is 7.72. The van der Waals surface area contributed by atoms with Crippen LogP contribution in [0.1, 0.15) is 39.5 Å². The van der Waals surface area contributed by atoms with Gasteiger partial charge in [-0.3, -0.25) is 4.79 Å². The van der Waals surface area contributed by atoms with Gasteiger partial charge in [-0.25, -0.2) is 13.1 Å². The summed E-state index contributed by atoms with van der Waals surface area (Å²) in [4.78, 5) is 14.5. The third-order valence-electron chi connectivity index (χ3n) is 4.22. The van der Waals surface area contributed by atoms with Crippen LogP contribution in [0.5, 0.6) is 0 Å². The third kappa shape index (κ3) is 4.43. The number of nitrogens with one attached hydrogen (secondary N) is 1. The van der Waals surface area contributed by atoms with E-state index in [-0.39, 0.29) is 18.5 Å². The fourth-order valence-electron chi connectivity index (χ4n) is 2.46. The summed E-state index contributed by atoms with van der Waals surface area (Å²) in [6.45, 7) is 5.12. The number of rotatable bonds is 6. The number of carbonyl (C=O) groups is 1. The minimum absolute atomic E-state index is 0.0440. The zero-order valence-electron chi connectivity index (χ0n) is 12.7. The summed E-state index contributed by atoms with van der Waals surface area (Å²) in [5, 5.41) is 0. The SMILES string of the molecule is CCC(C)(CN)C(=O)N1CCCCC1CNS(C)(=O)=O. The molecule has 1 saturated heterocycles. The van der Waals surface area contributed by atoms with Crippen molar-refractivity contribution < 1.29 is 13.2 Å². The van der Waals surface area contributed by atoms with E-state index in [1.807, 2.05) is 18.7 Å². The van der Waals surface area contributed by atoms with E-state index in [0.717, 1.165) is 25.5 Å². The van der Waals surface area contributed by atoms with Gasteiger partial charge >= 0.3 is 0 Å². The van der Waals surface area contributed by atoms with Crippen molar-refractivity contribution in [1.29, 1.82) is 0 Å². The number of sulfonamides is 1. The van der Waals surface area contributed by atoms with Crippen molar-refractivity contribution in [3.8, 4) is 0 Å². The first-order valence-electron chi connectivity index (χ1n) is 7.19. The number of nitrogens with zero attached hydrogens (tertiary/aromatic N) is 1. The van der Waals surface area contributed by atoms with E-state index in [4.69, 9.17) is 5.73 Å². The molecular formula is C13H27N3O3S. The molecule has 1 rings (SSSR count). The summed E-state index contributed by atoms with van der Waals surface area (Å²) >= 11 is 0. The highest BCUT2D eigenvalue weighted by Gasteiger charge is 2.37. The molecular weight excluding hydrogens is 278 g/mol. The summed E-state index contributed by atoms with van der Waals surface area (Å²) in [6.07, 6.45) is 4.64. The lowest BCUT2D eigenvalue weighted by Crippen LogP contribution is -2.55. The first-order chi connectivity index (χ1) is 9.23. The Balaban J connectivity index is 2.80. The maximum atomic E-state index is 12.7. The molecule has 1 heterocycles. The standard InChI is InChI=1S/C13H27N3O3S/c1-4-13(2,10-14)12(17)16-8-6-5-7-11(16)9-15-20(3,18)19/h11,15H,4-10,14H2,1-3H3. The molecule has 0 bridgehead atoms. The van der Waals surface area contributed by atoms with E-state index in [2.05, 4.69) is 4.72 Å². The number of amides is 1. The number of nitrogens with two attached hydrogens (primary N) is 1. The molecule has 0 saturated carbocycles. The number of hydrogen-bond acceptors (Lipinski definition) is 4. The van der Waals surface area contributed by atoms with Gasteiger partial charge in [0.25, 0.3) is 0 Å². The average Bonchev–Trinajstić information content (AvgIpc) is 2.43. The van der Waals surface area contributed by atoms with Crippen molar-refractivity contribution in [3.63, 3.8) is 0 Å². The molecule has 0 radical (unpaired) electrons. The zero-order chi connectivity index (χ0) is 15.4. The van der Waals surface area contributed by atoms with Gasteiger partial charge in [-0.2, -0.15) is 0 Å². The Labute approximate surface area is 122 Å². The largest absolute Gasteiger partial charge is 0.338 e. The molecule has 1 aliphatic heterocycles. The lowest BCUT2D eigenvalue weighted by molar-refractivity contribution is -0.144. The molecule has 7 heteroatoms. The Kier molecular flexibility index (Phi) is 5.97. The van der Waals surface area contributed by atoms with Crippen molar-refractivity contribution >= 4 is 15.9 Å². The molecule has 0 spiro atoms. The van der Waals surface area contributed by atoms with E-state index in [1.165, 1.54) is 0 Å². The van der Waals surface area contributed by atoms with Crippen LogP contribution in [0.25, 0.3) is 0 Å². The van der Waals surface area contributed by atoms with Crippen LogP contribution in [0.2, 0.25) is 0 Å². The Morgan fingerprint density at radius 1 is 1.45 bits per heavy atom. The lowest BCUT2D eigenvalue weighted by atomic mass is 9.84. The van der Waals surface area contributed by atoms with Gasteiger partial charge in [0.1, 0.15) is 0 Å². The van der Waals surface area contributed by atoms with Gasteiger partial charge in [0.05, 0.1) is 11.7 Å². The molecule has 118 valence electrons. The van der Waals surface area contributed by atoms with Crippen LogP contribution in [0.4, 0.5) is 0 Å². The Morgan fingerprint density at radius 2 is 2.10 bits per heavy atom. The highest BCUT2D eigenvalue weighted by Crippen LogP contribution is 2.27. The molecule has 2 unspecified atom stereocenters. The van der Waals surface area contributed by atoms with Gasteiger partial charge in [-0.05, 0) is 32.6 Å². The van der Waals surface area contributed by atoms with Crippen LogP contribution >= 0.6 is 0 Å². The quantitative estimate of drug-likeness (QED) is 0.738. The molecule has 0 aromatic heterocycles. The molecule has 3 N–H and O–H groups in total. The molecule has 20 heavy (non-hydrogen) atoms. The molecule has 0 aromatic rings. The normalized spacial score (nSPS) is 23.4.